The second kappa shape index (κ2) is 5.77. The highest BCUT2D eigenvalue weighted by molar-refractivity contribution is 5.76. The predicted molar refractivity (Wildman–Crippen MR) is 66.6 cm³/mol. The minimum Gasteiger partial charge on any atom is -0.382 e. The first kappa shape index (κ1) is 15.1. The van der Waals surface area contributed by atoms with E-state index in [1.54, 1.807) is 0 Å². The minimum absolute atomic E-state index is 0.0213. The molecule has 5 nitrogen and oxygen atoms in total. The molecule has 0 aliphatic carbocycles. The van der Waals surface area contributed by atoms with Gasteiger partial charge in [0.2, 0.25) is 0 Å². The average Bonchev–Trinajstić information content (AvgIpc) is 2.33. The zero-order chi connectivity index (χ0) is 14.6. The Balaban J connectivity index is 3.27. The molecule has 8 heteroatoms. The van der Waals surface area contributed by atoms with E-state index in [1.165, 1.54) is 32.2 Å². The Kier molecular flexibility index (Phi) is 4.57. The molecule has 1 aromatic carbocycles. The number of nitro groups is 1. The molecule has 19 heavy (non-hydrogen) atoms. The van der Waals surface area contributed by atoms with Crippen LogP contribution in [0.15, 0.2) is 18.2 Å². The van der Waals surface area contributed by atoms with Crippen molar-refractivity contribution in [3.8, 4) is 0 Å². The van der Waals surface area contributed by atoms with Gasteiger partial charge in [0.1, 0.15) is 17.9 Å². The van der Waals surface area contributed by atoms with E-state index in [-0.39, 0.29) is 23.6 Å². The van der Waals surface area contributed by atoms with Crippen molar-refractivity contribution in [2.45, 2.75) is 13.1 Å². The lowest BCUT2D eigenvalue weighted by atomic mass is 10.2. The zero-order valence-electron chi connectivity index (χ0n) is 10.5. The Morgan fingerprint density at radius 3 is 2.47 bits per heavy atom. The van der Waals surface area contributed by atoms with Crippen molar-refractivity contribution in [2.75, 3.05) is 30.4 Å². The number of nitrogens with zero attached hydrogens (tertiary/aromatic N) is 2. The van der Waals surface area contributed by atoms with E-state index in [2.05, 4.69) is 5.32 Å². The van der Waals surface area contributed by atoms with Gasteiger partial charge in [0.15, 0.2) is 0 Å². The smallest absolute Gasteiger partial charge is 0.382 e. The van der Waals surface area contributed by atoms with E-state index in [1.807, 2.05) is 0 Å². The van der Waals surface area contributed by atoms with Gasteiger partial charge in [-0.3, -0.25) is 10.1 Å². The lowest BCUT2D eigenvalue weighted by Crippen LogP contribution is -2.34. The molecule has 0 radical (unpaired) electrons. The van der Waals surface area contributed by atoms with E-state index in [0.29, 0.717) is 0 Å². The molecule has 1 N–H and O–H groups in total. The molecule has 1 rings (SSSR count). The van der Waals surface area contributed by atoms with E-state index >= 15 is 0 Å². The molecular weight excluding hydrogens is 263 g/mol. The highest BCUT2D eigenvalue weighted by Gasteiger charge is 2.33. The fourth-order valence-electron chi connectivity index (χ4n) is 1.76. The van der Waals surface area contributed by atoms with Crippen LogP contribution in [0.3, 0.4) is 0 Å². The molecule has 0 bridgehead atoms. The van der Waals surface area contributed by atoms with Crippen molar-refractivity contribution in [3.05, 3.63) is 28.3 Å². The summed E-state index contributed by atoms with van der Waals surface area (Å²) in [6.07, 6.45) is -4.42. The molecule has 0 atom stereocenters. The number of rotatable bonds is 5. The summed E-state index contributed by atoms with van der Waals surface area (Å²) in [7, 11) is 1.48. The summed E-state index contributed by atoms with van der Waals surface area (Å²) in [5.41, 5.74) is -0.212. The highest BCUT2D eigenvalue weighted by atomic mass is 19.4. The van der Waals surface area contributed by atoms with Gasteiger partial charge >= 0.3 is 11.9 Å². The summed E-state index contributed by atoms with van der Waals surface area (Å²) >= 11 is 0. The quantitative estimate of drug-likeness (QED) is 0.664. The van der Waals surface area contributed by atoms with Gasteiger partial charge in [-0.25, -0.2) is 0 Å². The molecule has 0 heterocycles. The number of anilines is 2. The third-order valence-corrected chi connectivity index (χ3v) is 2.56. The molecule has 0 aromatic heterocycles. The van der Waals surface area contributed by atoms with Gasteiger partial charge in [-0.1, -0.05) is 6.07 Å². The van der Waals surface area contributed by atoms with Crippen LogP contribution in [0.2, 0.25) is 0 Å². The molecule has 0 aliphatic rings. The fraction of sp³-hybridized carbons (Fsp3) is 0.455. The summed E-state index contributed by atoms with van der Waals surface area (Å²) in [6, 6.07) is 4.24. The largest absolute Gasteiger partial charge is 0.405 e. The number of nitrogens with one attached hydrogen (secondary N) is 1. The number of hydrogen-bond donors (Lipinski definition) is 1. The van der Waals surface area contributed by atoms with Gasteiger partial charge in [-0.2, -0.15) is 13.2 Å². The van der Waals surface area contributed by atoms with Crippen LogP contribution in [0.4, 0.5) is 30.2 Å². The van der Waals surface area contributed by atoms with Crippen LogP contribution in [0.25, 0.3) is 0 Å². The monoisotopic (exact) mass is 277 g/mol. The van der Waals surface area contributed by atoms with E-state index in [0.717, 1.165) is 4.90 Å². The normalized spacial score (nSPS) is 11.2. The van der Waals surface area contributed by atoms with Crippen molar-refractivity contribution < 1.29 is 18.1 Å². The van der Waals surface area contributed by atoms with Crippen molar-refractivity contribution in [2.24, 2.45) is 0 Å². The molecule has 0 saturated carbocycles. The van der Waals surface area contributed by atoms with E-state index in [4.69, 9.17) is 0 Å². The molecule has 0 spiro atoms. The second-order valence-corrected chi connectivity index (χ2v) is 3.81. The standard InChI is InChI=1S/C11H14F3N3O2/c1-3-16(7-11(12,13)14)9-6-4-5-8(15-2)10(9)17(18)19/h4-6,15H,3,7H2,1-2H3. The van der Waals surface area contributed by atoms with Gasteiger partial charge < -0.3 is 10.2 Å². The van der Waals surface area contributed by atoms with Crippen LogP contribution < -0.4 is 10.2 Å². The second-order valence-electron chi connectivity index (χ2n) is 3.81. The van der Waals surface area contributed by atoms with Gasteiger partial charge in [0, 0.05) is 13.6 Å². The third kappa shape index (κ3) is 3.73. The first-order valence-electron chi connectivity index (χ1n) is 5.57. The first-order chi connectivity index (χ1) is 8.80. The van der Waals surface area contributed by atoms with Crippen molar-refractivity contribution in [3.63, 3.8) is 0 Å². The van der Waals surface area contributed by atoms with Crippen LogP contribution in [-0.2, 0) is 0 Å². The number of alkyl halides is 3. The zero-order valence-corrected chi connectivity index (χ0v) is 10.5. The van der Waals surface area contributed by atoms with Gasteiger partial charge in [-0.05, 0) is 19.1 Å². The molecular formula is C11H14F3N3O2. The third-order valence-electron chi connectivity index (χ3n) is 2.56. The average molecular weight is 277 g/mol. The Hall–Kier alpha value is -1.99. The van der Waals surface area contributed by atoms with Crippen molar-refractivity contribution in [1.29, 1.82) is 0 Å². The SMILES string of the molecule is CCN(CC(F)(F)F)c1cccc(NC)c1[N+](=O)[O-]. The molecule has 0 amide bonds. The number of halogens is 3. The van der Waals surface area contributed by atoms with Crippen LogP contribution in [0, 0.1) is 10.1 Å². The minimum atomic E-state index is -4.42. The van der Waals surface area contributed by atoms with E-state index in [9.17, 15) is 23.3 Å². The molecule has 106 valence electrons. The predicted octanol–water partition coefficient (Wildman–Crippen LogP) is 3.03. The van der Waals surface area contributed by atoms with E-state index < -0.39 is 17.6 Å². The number of para-hydroxylation sites is 1. The maximum Gasteiger partial charge on any atom is 0.405 e. The number of hydrogen-bond acceptors (Lipinski definition) is 4. The summed E-state index contributed by atoms with van der Waals surface area (Å²) in [6.45, 7) is 0.312. The maximum absolute atomic E-state index is 12.5. The Labute approximate surface area is 108 Å². The Morgan fingerprint density at radius 1 is 1.42 bits per heavy atom. The topological polar surface area (TPSA) is 58.4 Å². The van der Waals surface area contributed by atoms with Crippen molar-refractivity contribution >= 4 is 17.1 Å². The molecule has 0 fully saturated rings. The Bertz CT molecular complexity index is 463. The molecule has 0 unspecified atom stereocenters. The fourth-order valence-corrected chi connectivity index (χ4v) is 1.76. The van der Waals surface area contributed by atoms with Crippen LogP contribution in [0.5, 0.6) is 0 Å². The lowest BCUT2D eigenvalue weighted by molar-refractivity contribution is -0.383. The highest BCUT2D eigenvalue weighted by Crippen LogP contribution is 2.36. The van der Waals surface area contributed by atoms with Crippen molar-refractivity contribution in [1.82, 2.24) is 0 Å². The van der Waals surface area contributed by atoms with Gasteiger partial charge in [0.05, 0.1) is 4.92 Å². The molecule has 1 aromatic rings. The summed E-state index contributed by atoms with van der Waals surface area (Å²) < 4.78 is 37.4. The molecule has 0 aliphatic heterocycles. The van der Waals surface area contributed by atoms with Crippen LogP contribution in [0.1, 0.15) is 6.92 Å². The first-order valence-corrected chi connectivity index (χ1v) is 5.57. The van der Waals surface area contributed by atoms with Crippen LogP contribution >= 0.6 is 0 Å². The maximum atomic E-state index is 12.5. The summed E-state index contributed by atoms with van der Waals surface area (Å²) in [5, 5.41) is 13.7. The molecule has 0 saturated heterocycles. The number of benzene rings is 1. The Morgan fingerprint density at radius 2 is 2.05 bits per heavy atom. The van der Waals surface area contributed by atoms with Gasteiger partial charge in [0.25, 0.3) is 0 Å². The number of nitro benzene ring substituents is 1. The van der Waals surface area contributed by atoms with Crippen LogP contribution in [-0.4, -0.2) is 31.2 Å². The summed E-state index contributed by atoms with van der Waals surface area (Å²) in [5.74, 6) is 0. The lowest BCUT2D eigenvalue weighted by Gasteiger charge is -2.24. The van der Waals surface area contributed by atoms with Gasteiger partial charge in [-0.15, -0.1) is 0 Å². The summed E-state index contributed by atoms with van der Waals surface area (Å²) in [4.78, 5) is 11.3.